The minimum Gasteiger partial charge on any atom is -0.389 e. The summed E-state index contributed by atoms with van der Waals surface area (Å²) >= 11 is 0. The summed E-state index contributed by atoms with van der Waals surface area (Å²) in [7, 11) is 0. The van der Waals surface area contributed by atoms with E-state index in [1.165, 1.54) is 0 Å². The summed E-state index contributed by atoms with van der Waals surface area (Å²) in [6.45, 7) is 10.2. The fourth-order valence-electron chi connectivity index (χ4n) is 2.95. The van der Waals surface area contributed by atoms with Gasteiger partial charge in [0, 0.05) is 13.1 Å². The minimum atomic E-state index is -0.784. The highest BCUT2D eigenvalue weighted by atomic mass is 16.3. The number of amides is 1. The van der Waals surface area contributed by atoms with Crippen LogP contribution in [0.3, 0.4) is 0 Å². The molecule has 1 aliphatic heterocycles. The molecule has 1 N–H and O–H groups in total. The van der Waals surface area contributed by atoms with Crippen molar-refractivity contribution in [3.63, 3.8) is 0 Å². The Morgan fingerprint density at radius 3 is 2.22 bits per heavy atom. The number of hydrogen-bond acceptors (Lipinski definition) is 2. The van der Waals surface area contributed by atoms with Gasteiger partial charge in [-0.05, 0) is 24.7 Å². The smallest absolute Gasteiger partial charge is 0.225 e. The van der Waals surface area contributed by atoms with Gasteiger partial charge in [-0.2, -0.15) is 0 Å². The van der Waals surface area contributed by atoms with Gasteiger partial charge in [0.15, 0.2) is 0 Å². The first kappa shape index (κ1) is 15.5. The fourth-order valence-corrected chi connectivity index (χ4v) is 2.95. The first-order valence-corrected chi connectivity index (χ1v) is 7.32. The first-order valence-electron chi connectivity index (χ1n) is 7.32. The van der Waals surface area contributed by atoms with Crippen molar-refractivity contribution in [2.24, 2.45) is 5.41 Å². The highest BCUT2D eigenvalue weighted by molar-refractivity contribution is 5.77. The number of carbonyl (C=O) groups is 1. The standard InChI is InChI=1S/C15H29NO2/c1-5-7-15(18,8-6-2)11-13(17)16-10-9-14(3,4)12-16/h18H,5-12H2,1-4H3. The number of hydrogen-bond donors (Lipinski definition) is 1. The van der Waals surface area contributed by atoms with E-state index in [4.69, 9.17) is 0 Å². The number of carbonyl (C=O) groups excluding carboxylic acids is 1. The second-order valence-corrected chi connectivity index (χ2v) is 6.63. The van der Waals surface area contributed by atoms with Crippen molar-refractivity contribution in [3.8, 4) is 0 Å². The second-order valence-electron chi connectivity index (χ2n) is 6.63. The zero-order chi connectivity index (χ0) is 13.8. The van der Waals surface area contributed by atoms with Crippen LogP contribution in [-0.4, -0.2) is 34.6 Å². The first-order chi connectivity index (χ1) is 8.32. The van der Waals surface area contributed by atoms with Crippen LogP contribution in [0.4, 0.5) is 0 Å². The van der Waals surface area contributed by atoms with Crippen LogP contribution in [-0.2, 0) is 4.79 Å². The highest BCUT2D eigenvalue weighted by Gasteiger charge is 2.35. The van der Waals surface area contributed by atoms with E-state index in [0.717, 1.165) is 45.2 Å². The van der Waals surface area contributed by atoms with Gasteiger partial charge >= 0.3 is 0 Å². The van der Waals surface area contributed by atoms with Crippen molar-refractivity contribution in [1.82, 2.24) is 4.90 Å². The molecule has 0 radical (unpaired) electrons. The lowest BCUT2D eigenvalue weighted by atomic mass is 9.88. The molecule has 3 nitrogen and oxygen atoms in total. The molecule has 18 heavy (non-hydrogen) atoms. The van der Waals surface area contributed by atoms with Crippen LogP contribution in [0.2, 0.25) is 0 Å². The van der Waals surface area contributed by atoms with Crippen LogP contribution < -0.4 is 0 Å². The zero-order valence-electron chi connectivity index (χ0n) is 12.5. The Bertz CT molecular complexity index is 280. The van der Waals surface area contributed by atoms with Crippen molar-refractivity contribution >= 4 is 5.91 Å². The van der Waals surface area contributed by atoms with Gasteiger partial charge in [-0.1, -0.05) is 40.5 Å². The average molecular weight is 255 g/mol. The third-order valence-electron chi connectivity index (χ3n) is 3.94. The Balaban J connectivity index is 2.57. The van der Waals surface area contributed by atoms with E-state index in [0.29, 0.717) is 6.42 Å². The van der Waals surface area contributed by atoms with Crippen LogP contribution in [0.5, 0.6) is 0 Å². The maximum atomic E-state index is 12.3. The molecular formula is C15H29NO2. The van der Waals surface area contributed by atoms with Crippen molar-refractivity contribution in [2.45, 2.75) is 71.8 Å². The Hall–Kier alpha value is -0.570. The molecule has 0 aromatic carbocycles. The molecule has 0 saturated carbocycles. The largest absolute Gasteiger partial charge is 0.389 e. The molecule has 1 amide bonds. The molecule has 0 atom stereocenters. The topological polar surface area (TPSA) is 40.5 Å². The van der Waals surface area contributed by atoms with Crippen LogP contribution in [0, 0.1) is 5.41 Å². The number of rotatable bonds is 6. The van der Waals surface area contributed by atoms with E-state index in [2.05, 4.69) is 27.7 Å². The molecule has 1 rings (SSSR count). The summed E-state index contributed by atoms with van der Waals surface area (Å²) in [6, 6.07) is 0. The highest BCUT2D eigenvalue weighted by Crippen LogP contribution is 2.31. The molecule has 0 bridgehead atoms. The summed E-state index contributed by atoms with van der Waals surface area (Å²) in [5, 5.41) is 10.5. The van der Waals surface area contributed by atoms with Gasteiger partial charge in [0.25, 0.3) is 0 Å². The molecule has 1 saturated heterocycles. The number of nitrogens with zero attached hydrogens (tertiary/aromatic N) is 1. The number of likely N-dealkylation sites (tertiary alicyclic amines) is 1. The molecule has 1 fully saturated rings. The molecule has 0 unspecified atom stereocenters. The van der Waals surface area contributed by atoms with Gasteiger partial charge in [-0.25, -0.2) is 0 Å². The monoisotopic (exact) mass is 255 g/mol. The van der Waals surface area contributed by atoms with E-state index in [9.17, 15) is 9.90 Å². The van der Waals surface area contributed by atoms with Gasteiger partial charge in [0.1, 0.15) is 0 Å². The summed E-state index contributed by atoms with van der Waals surface area (Å²) in [6.07, 6.45) is 4.67. The van der Waals surface area contributed by atoms with Crippen LogP contribution in [0.25, 0.3) is 0 Å². The normalized spacial score (nSPS) is 19.3. The Kier molecular flexibility index (Phi) is 5.20. The van der Waals surface area contributed by atoms with E-state index in [1.807, 2.05) is 4.90 Å². The molecule has 1 heterocycles. The van der Waals surface area contributed by atoms with E-state index in [-0.39, 0.29) is 11.3 Å². The molecule has 0 aromatic heterocycles. The minimum absolute atomic E-state index is 0.130. The fraction of sp³-hybridized carbons (Fsp3) is 0.933. The van der Waals surface area contributed by atoms with Gasteiger partial charge in [0.2, 0.25) is 5.91 Å². The molecule has 3 heteroatoms. The van der Waals surface area contributed by atoms with Crippen LogP contribution in [0.1, 0.15) is 66.2 Å². The maximum absolute atomic E-state index is 12.3. The van der Waals surface area contributed by atoms with Crippen LogP contribution in [0.15, 0.2) is 0 Å². The van der Waals surface area contributed by atoms with Crippen molar-refractivity contribution < 1.29 is 9.90 Å². The van der Waals surface area contributed by atoms with Gasteiger partial charge in [-0.3, -0.25) is 4.79 Å². The summed E-state index contributed by atoms with van der Waals surface area (Å²) in [5.74, 6) is 0.130. The Morgan fingerprint density at radius 1 is 1.28 bits per heavy atom. The lowest BCUT2D eigenvalue weighted by Crippen LogP contribution is -2.39. The quantitative estimate of drug-likeness (QED) is 0.792. The van der Waals surface area contributed by atoms with E-state index in [1.54, 1.807) is 0 Å². The molecule has 1 aliphatic rings. The summed E-state index contributed by atoms with van der Waals surface area (Å²) in [5.41, 5.74) is -0.545. The average Bonchev–Trinajstić information content (AvgIpc) is 2.59. The van der Waals surface area contributed by atoms with Gasteiger partial charge in [0.05, 0.1) is 12.0 Å². The predicted octanol–water partition coefficient (Wildman–Crippen LogP) is 2.97. The molecular weight excluding hydrogens is 226 g/mol. The molecule has 106 valence electrons. The van der Waals surface area contributed by atoms with Gasteiger partial charge < -0.3 is 10.0 Å². The summed E-state index contributed by atoms with van der Waals surface area (Å²) in [4.78, 5) is 14.2. The lowest BCUT2D eigenvalue weighted by Gasteiger charge is -2.29. The van der Waals surface area contributed by atoms with E-state index >= 15 is 0 Å². The SMILES string of the molecule is CCCC(O)(CCC)CC(=O)N1CCC(C)(C)C1. The molecule has 0 aromatic rings. The Labute approximate surface area is 112 Å². The molecule has 0 spiro atoms. The zero-order valence-corrected chi connectivity index (χ0v) is 12.5. The maximum Gasteiger partial charge on any atom is 0.225 e. The van der Waals surface area contributed by atoms with Gasteiger partial charge in [-0.15, -0.1) is 0 Å². The van der Waals surface area contributed by atoms with E-state index < -0.39 is 5.60 Å². The van der Waals surface area contributed by atoms with Crippen molar-refractivity contribution in [3.05, 3.63) is 0 Å². The van der Waals surface area contributed by atoms with Crippen LogP contribution >= 0.6 is 0 Å². The second kappa shape index (κ2) is 6.05. The number of aliphatic hydroxyl groups is 1. The third kappa shape index (κ3) is 4.27. The summed E-state index contributed by atoms with van der Waals surface area (Å²) < 4.78 is 0. The predicted molar refractivity (Wildman–Crippen MR) is 74.4 cm³/mol. The van der Waals surface area contributed by atoms with Crippen molar-refractivity contribution in [1.29, 1.82) is 0 Å². The van der Waals surface area contributed by atoms with Crippen molar-refractivity contribution in [2.75, 3.05) is 13.1 Å². The lowest BCUT2D eigenvalue weighted by molar-refractivity contribution is -0.136. The Morgan fingerprint density at radius 2 is 1.83 bits per heavy atom. The third-order valence-corrected chi connectivity index (χ3v) is 3.94. The molecule has 0 aliphatic carbocycles.